The summed E-state index contributed by atoms with van der Waals surface area (Å²) in [5, 5.41) is 6.01. The van der Waals surface area contributed by atoms with E-state index in [1.165, 1.54) is 40.1 Å². The summed E-state index contributed by atoms with van der Waals surface area (Å²) in [5.74, 6) is 0.298. The van der Waals surface area contributed by atoms with E-state index < -0.39 is 0 Å². The number of halogens is 2. The van der Waals surface area contributed by atoms with Gasteiger partial charge in [-0.05, 0) is 125 Å². The monoisotopic (exact) mass is 870 g/mol. The van der Waals surface area contributed by atoms with E-state index >= 15 is 0 Å². The van der Waals surface area contributed by atoms with Crippen LogP contribution < -0.4 is 20.4 Å². The quantitative estimate of drug-likeness (QED) is 0.127. The molecule has 4 heterocycles. The van der Waals surface area contributed by atoms with Gasteiger partial charge in [-0.1, -0.05) is 110 Å². The summed E-state index contributed by atoms with van der Waals surface area (Å²) < 4.78 is 28.2. The third-order valence-electron chi connectivity index (χ3n) is 14.0. The van der Waals surface area contributed by atoms with Crippen LogP contribution >= 0.6 is 0 Å². The Morgan fingerprint density at radius 2 is 0.969 bits per heavy atom. The lowest BCUT2D eigenvalue weighted by Crippen LogP contribution is -2.38. The molecule has 0 saturated heterocycles. The maximum absolute atomic E-state index is 14.1. The van der Waals surface area contributed by atoms with Gasteiger partial charge in [0.25, 0.3) is 5.91 Å². The van der Waals surface area contributed by atoms with E-state index in [1.54, 1.807) is 24.3 Å². The van der Waals surface area contributed by atoms with E-state index in [4.69, 9.17) is 0 Å². The zero-order valence-electron chi connectivity index (χ0n) is 37.7. The lowest BCUT2D eigenvalue weighted by atomic mass is 9.75. The van der Waals surface area contributed by atoms with Crippen molar-refractivity contribution in [2.45, 2.75) is 82.5 Å². The van der Waals surface area contributed by atoms with E-state index in [1.807, 2.05) is 31.2 Å². The van der Waals surface area contributed by atoms with Crippen molar-refractivity contribution in [1.82, 2.24) is 10.6 Å². The maximum Gasteiger partial charge on any atom is 0.251 e. The molecule has 6 aromatic carbocycles. The number of amides is 2. The van der Waals surface area contributed by atoms with Gasteiger partial charge in [0.05, 0.1) is 6.42 Å². The van der Waals surface area contributed by atoms with Crippen LogP contribution in [0.2, 0.25) is 0 Å². The standard InChI is InChI=1S/C29H30F2N2O.C28H30N2O/c1-2-3-12-32-29(34)21-17-26-24(19-6-4-8-22(30)15-19)10-13-33-14-11-25(27(18-21)28(26)33)20-7-5-9-23(31)16-20;1-2-29-27(31)19-20-17-25-23(21-9-5-3-6-10-21)13-15-30-16-14-24(26(18-20)28(25)30)22-11-7-4-8-12-22/h4-9,15-18,24-25H,2-3,10-14H2,1H3,(H,32,34);3-12,17-18,23-24H,2,13-16,19H2,1H3,(H,29,31). The van der Waals surface area contributed by atoms with Gasteiger partial charge in [0, 0.05) is 79.9 Å². The fraction of sp³-hybridized carbons (Fsp3) is 0.333. The molecule has 0 bridgehead atoms. The smallest absolute Gasteiger partial charge is 0.251 e. The van der Waals surface area contributed by atoms with E-state index in [2.05, 4.69) is 100 Å². The molecule has 65 heavy (non-hydrogen) atoms. The van der Waals surface area contributed by atoms with E-state index in [0.717, 1.165) is 98.2 Å². The molecule has 4 aliphatic rings. The van der Waals surface area contributed by atoms with Crippen LogP contribution in [-0.2, 0) is 11.2 Å². The predicted molar refractivity (Wildman–Crippen MR) is 258 cm³/mol. The zero-order valence-corrected chi connectivity index (χ0v) is 37.7. The first kappa shape index (κ1) is 43.9. The summed E-state index contributed by atoms with van der Waals surface area (Å²) >= 11 is 0. The van der Waals surface area contributed by atoms with Crippen LogP contribution in [0.1, 0.15) is 136 Å². The number of nitrogens with one attached hydrogen (secondary N) is 2. The number of hydrogen-bond donors (Lipinski definition) is 2. The molecule has 2 amide bonds. The Bertz CT molecular complexity index is 2480. The average molecular weight is 871 g/mol. The highest BCUT2D eigenvalue weighted by atomic mass is 19.1. The first-order chi connectivity index (χ1) is 31.8. The Morgan fingerprint density at radius 3 is 1.40 bits per heavy atom. The van der Waals surface area contributed by atoms with Gasteiger partial charge in [0.2, 0.25) is 5.91 Å². The molecule has 2 N–H and O–H groups in total. The van der Waals surface area contributed by atoms with Crippen molar-refractivity contribution in [3.8, 4) is 0 Å². The van der Waals surface area contributed by atoms with Crippen molar-refractivity contribution in [1.29, 1.82) is 0 Å². The van der Waals surface area contributed by atoms with Crippen molar-refractivity contribution in [3.63, 3.8) is 0 Å². The zero-order chi connectivity index (χ0) is 44.9. The molecule has 6 aromatic rings. The summed E-state index contributed by atoms with van der Waals surface area (Å²) in [6.45, 7) is 9.31. The number of anilines is 2. The summed E-state index contributed by atoms with van der Waals surface area (Å²) in [6, 6.07) is 43.9. The summed E-state index contributed by atoms with van der Waals surface area (Å²) in [7, 11) is 0. The van der Waals surface area contributed by atoms with Crippen molar-refractivity contribution in [2.75, 3.05) is 49.1 Å². The molecule has 10 rings (SSSR count). The molecule has 4 aliphatic heterocycles. The normalized spacial score (nSPS) is 19.3. The topological polar surface area (TPSA) is 64.7 Å². The van der Waals surface area contributed by atoms with E-state index in [0.29, 0.717) is 36.9 Å². The van der Waals surface area contributed by atoms with Gasteiger partial charge in [-0.2, -0.15) is 0 Å². The lowest BCUT2D eigenvalue weighted by Gasteiger charge is -2.43. The number of hydrogen-bond acceptors (Lipinski definition) is 4. The summed E-state index contributed by atoms with van der Waals surface area (Å²) in [6.07, 6.45) is 6.34. The van der Waals surface area contributed by atoms with Crippen molar-refractivity contribution in [2.24, 2.45) is 0 Å². The van der Waals surface area contributed by atoms with Gasteiger partial charge >= 0.3 is 0 Å². The Hall–Kier alpha value is -6.28. The number of benzene rings is 6. The summed E-state index contributed by atoms with van der Waals surface area (Å²) in [5.41, 5.74) is 13.8. The van der Waals surface area contributed by atoms with Crippen LogP contribution in [0, 0.1) is 11.6 Å². The first-order valence-corrected chi connectivity index (χ1v) is 23.8. The Labute approximate surface area is 383 Å². The van der Waals surface area contributed by atoms with Crippen LogP contribution in [0.25, 0.3) is 0 Å². The number of carbonyl (C=O) groups is 2. The number of unbranched alkanes of at least 4 members (excludes halogenated alkanes) is 1. The Balaban J connectivity index is 0.000000165. The minimum atomic E-state index is -0.250. The van der Waals surface area contributed by atoms with Crippen LogP contribution in [0.4, 0.5) is 20.2 Å². The molecule has 4 atom stereocenters. The second-order valence-corrected chi connectivity index (χ2v) is 18.1. The molecule has 334 valence electrons. The average Bonchev–Trinajstić information content (AvgIpc) is 3.32. The van der Waals surface area contributed by atoms with Crippen molar-refractivity contribution >= 4 is 23.2 Å². The van der Waals surface area contributed by atoms with Crippen molar-refractivity contribution < 1.29 is 18.4 Å². The number of carbonyl (C=O) groups excluding carboxylic acids is 2. The molecule has 4 unspecified atom stereocenters. The van der Waals surface area contributed by atoms with Gasteiger partial charge in [-0.3, -0.25) is 9.59 Å². The van der Waals surface area contributed by atoms with E-state index in [-0.39, 0.29) is 35.3 Å². The van der Waals surface area contributed by atoms with Crippen molar-refractivity contribution in [3.05, 3.63) is 201 Å². The third kappa shape index (κ3) is 9.45. The maximum atomic E-state index is 14.1. The third-order valence-corrected chi connectivity index (χ3v) is 14.0. The SMILES string of the molecule is CCCCNC(=O)c1cc2c3c(c1)C(c1cccc(F)c1)CCN3CCC2c1cccc(F)c1.CCNC(=O)Cc1cc2c3c(c1)C(c1ccccc1)CCN3CCC2c1ccccc1. The molecule has 6 nitrogen and oxygen atoms in total. The minimum Gasteiger partial charge on any atom is -0.371 e. The lowest BCUT2D eigenvalue weighted by molar-refractivity contribution is -0.120. The van der Waals surface area contributed by atoms with Crippen LogP contribution in [-0.4, -0.2) is 51.1 Å². The Kier molecular flexibility index (Phi) is 13.4. The van der Waals surface area contributed by atoms with Crippen LogP contribution in [0.5, 0.6) is 0 Å². The molecule has 8 heteroatoms. The Morgan fingerprint density at radius 1 is 0.538 bits per heavy atom. The highest BCUT2D eigenvalue weighted by Gasteiger charge is 2.37. The van der Waals surface area contributed by atoms with Crippen LogP contribution in [0.15, 0.2) is 133 Å². The molecular formula is C57H60F2N4O2. The van der Waals surface area contributed by atoms with Gasteiger partial charge in [0.1, 0.15) is 11.6 Å². The van der Waals surface area contributed by atoms with E-state index in [9.17, 15) is 18.4 Å². The minimum absolute atomic E-state index is 0.00958. The highest BCUT2D eigenvalue weighted by molar-refractivity contribution is 5.96. The van der Waals surface area contributed by atoms with Gasteiger partial charge in [0.15, 0.2) is 0 Å². The molecule has 0 fully saturated rings. The van der Waals surface area contributed by atoms with Gasteiger partial charge in [-0.15, -0.1) is 0 Å². The summed E-state index contributed by atoms with van der Waals surface area (Å²) in [4.78, 5) is 30.5. The molecule has 0 saturated carbocycles. The second-order valence-electron chi connectivity index (χ2n) is 18.1. The number of likely N-dealkylation sites (N-methyl/N-ethyl adjacent to an activating group) is 1. The number of rotatable bonds is 11. The second kappa shape index (κ2) is 19.9. The molecule has 0 radical (unpaired) electrons. The van der Waals surface area contributed by atoms with Gasteiger partial charge < -0.3 is 20.4 Å². The number of nitrogens with zero attached hydrogens (tertiary/aromatic N) is 2. The van der Waals surface area contributed by atoms with Gasteiger partial charge in [-0.25, -0.2) is 8.78 Å². The highest BCUT2D eigenvalue weighted by Crippen LogP contribution is 2.50. The predicted octanol–water partition coefficient (Wildman–Crippen LogP) is 11.6. The molecule has 0 aliphatic carbocycles. The fourth-order valence-corrected chi connectivity index (χ4v) is 11.0. The molecular weight excluding hydrogens is 811 g/mol. The molecule has 0 aromatic heterocycles. The fourth-order valence-electron chi connectivity index (χ4n) is 11.0. The largest absolute Gasteiger partial charge is 0.371 e. The molecule has 0 spiro atoms. The first-order valence-electron chi connectivity index (χ1n) is 23.8. The van der Waals surface area contributed by atoms with Crippen LogP contribution in [0.3, 0.4) is 0 Å².